The van der Waals surface area contributed by atoms with Gasteiger partial charge in [-0.2, -0.15) is 5.26 Å². The van der Waals surface area contributed by atoms with E-state index < -0.39 is 5.60 Å². The largest absolute Gasteiger partial charge is 0.493 e. The minimum absolute atomic E-state index is 0.105. The Morgan fingerprint density at radius 1 is 1.26 bits per heavy atom. The molecular formula is C22H28N2O3. The number of carbonyl (C=O) groups is 1. The second-order valence-electron chi connectivity index (χ2n) is 8.22. The Bertz CT molecular complexity index is 740. The summed E-state index contributed by atoms with van der Waals surface area (Å²) in [5.74, 6) is 0.779. The van der Waals surface area contributed by atoms with Gasteiger partial charge in [0.2, 0.25) is 0 Å². The third kappa shape index (κ3) is 4.82. The van der Waals surface area contributed by atoms with E-state index in [0.717, 1.165) is 31.4 Å². The fraction of sp³-hybridized carbons (Fsp3) is 0.545. The zero-order valence-corrected chi connectivity index (χ0v) is 16.4. The summed E-state index contributed by atoms with van der Waals surface area (Å²) in [6.07, 6.45) is 6.40. The number of hydrogen-bond acceptors (Lipinski definition) is 4. The molecule has 5 heteroatoms. The highest BCUT2D eigenvalue weighted by Gasteiger charge is 2.39. The average Bonchev–Trinajstić information content (AvgIpc) is 2.60. The fourth-order valence-electron chi connectivity index (χ4n) is 3.82. The second kappa shape index (κ2) is 8.04. The number of nitriles is 1. The number of hydrogen-bond donors (Lipinski definition) is 0. The van der Waals surface area contributed by atoms with E-state index in [1.54, 1.807) is 0 Å². The number of carbonyl (C=O) groups excluding carboxylic acids is 1. The molecule has 0 aliphatic carbocycles. The first kappa shape index (κ1) is 19.3. The minimum Gasteiger partial charge on any atom is -0.493 e. The predicted molar refractivity (Wildman–Crippen MR) is 104 cm³/mol. The molecule has 1 aromatic carbocycles. The number of nitrogens with zero attached hydrogens (tertiary/aromatic N) is 2. The summed E-state index contributed by atoms with van der Waals surface area (Å²) in [5, 5.41) is 8.59. The highest BCUT2D eigenvalue weighted by molar-refractivity contribution is 5.75. The van der Waals surface area contributed by atoms with E-state index in [1.807, 2.05) is 37.8 Å². The Balaban J connectivity index is 1.73. The molecule has 2 unspecified atom stereocenters. The van der Waals surface area contributed by atoms with Crippen LogP contribution in [0.5, 0.6) is 5.75 Å². The van der Waals surface area contributed by atoms with E-state index >= 15 is 0 Å². The highest BCUT2D eigenvalue weighted by Crippen LogP contribution is 2.38. The van der Waals surface area contributed by atoms with Crippen LogP contribution >= 0.6 is 0 Å². The van der Waals surface area contributed by atoms with Crippen LogP contribution in [0, 0.1) is 11.3 Å². The highest BCUT2D eigenvalue weighted by atomic mass is 16.6. The summed E-state index contributed by atoms with van der Waals surface area (Å²) in [4.78, 5) is 14.6. The fourth-order valence-corrected chi connectivity index (χ4v) is 3.82. The van der Waals surface area contributed by atoms with Crippen LogP contribution in [0.25, 0.3) is 5.57 Å². The van der Waals surface area contributed by atoms with Crippen molar-refractivity contribution < 1.29 is 14.3 Å². The van der Waals surface area contributed by atoms with Crippen molar-refractivity contribution in [1.82, 2.24) is 4.90 Å². The van der Waals surface area contributed by atoms with Crippen molar-refractivity contribution in [2.75, 3.05) is 6.61 Å². The van der Waals surface area contributed by atoms with E-state index in [2.05, 4.69) is 24.3 Å². The zero-order chi connectivity index (χ0) is 19.4. The Hall–Kier alpha value is -2.48. The Kier molecular flexibility index (Phi) is 5.74. The molecular weight excluding hydrogens is 340 g/mol. The first-order valence-corrected chi connectivity index (χ1v) is 9.69. The molecule has 0 aromatic heterocycles. The van der Waals surface area contributed by atoms with Crippen LogP contribution in [0.15, 0.2) is 30.3 Å². The maximum atomic E-state index is 12.7. The smallest absolute Gasteiger partial charge is 0.411 e. The maximum absolute atomic E-state index is 12.7. The van der Waals surface area contributed by atoms with Crippen LogP contribution < -0.4 is 4.74 Å². The van der Waals surface area contributed by atoms with Gasteiger partial charge < -0.3 is 9.47 Å². The van der Waals surface area contributed by atoms with Crippen LogP contribution in [0.2, 0.25) is 0 Å². The van der Waals surface area contributed by atoms with Crippen LogP contribution in [0.1, 0.15) is 58.4 Å². The number of fused-ring (bicyclic) bond motifs is 2. The SMILES string of the molecule is CC(C)(C)OC(=O)N1C2C=C(c3ccc(OCCC#N)cc3)CC1CCC2. The van der Waals surface area contributed by atoms with Crippen molar-refractivity contribution in [2.45, 2.75) is 70.6 Å². The van der Waals surface area contributed by atoms with E-state index in [1.165, 1.54) is 11.1 Å². The van der Waals surface area contributed by atoms with Gasteiger partial charge >= 0.3 is 6.09 Å². The topological polar surface area (TPSA) is 62.6 Å². The summed E-state index contributed by atoms with van der Waals surface area (Å²) in [6, 6.07) is 10.4. The number of piperidine rings is 1. The van der Waals surface area contributed by atoms with Crippen LogP contribution in [-0.2, 0) is 4.74 Å². The number of amides is 1. The second-order valence-corrected chi connectivity index (χ2v) is 8.22. The van der Waals surface area contributed by atoms with Crippen LogP contribution in [0.4, 0.5) is 4.79 Å². The first-order chi connectivity index (χ1) is 12.9. The molecule has 1 saturated heterocycles. The molecule has 27 heavy (non-hydrogen) atoms. The molecule has 5 nitrogen and oxygen atoms in total. The van der Waals surface area contributed by atoms with Crippen molar-refractivity contribution >= 4 is 11.7 Å². The van der Waals surface area contributed by atoms with Gasteiger partial charge in [-0.1, -0.05) is 18.2 Å². The van der Waals surface area contributed by atoms with E-state index in [9.17, 15) is 4.79 Å². The molecule has 2 atom stereocenters. The number of ether oxygens (including phenoxy) is 2. The molecule has 1 amide bonds. The monoisotopic (exact) mass is 368 g/mol. The lowest BCUT2D eigenvalue weighted by Gasteiger charge is -2.45. The van der Waals surface area contributed by atoms with Gasteiger partial charge in [-0.3, -0.25) is 4.90 Å². The third-order valence-corrected chi connectivity index (χ3v) is 4.95. The van der Waals surface area contributed by atoms with E-state index in [4.69, 9.17) is 14.7 Å². The van der Waals surface area contributed by atoms with Crippen LogP contribution in [0.3, 0.4) is 0 Å². The van der Waals surface area contributed by atoms with Gasteiger partial charge in [0.1, 0.15) is 18.0 Å². The molecule has 1 aromatic rings. The lowest BCUT2D eigenvalue weighted by molar-refractivity contribution is 0.0000853. The molecule has 2 heterocycles. The van der Waals surface area contributed by atoms with Gasteiger partial charge in [-0.25, -0.2) is 4.79 Å². The van der Waals surface area contributed by atoms with Crippen molar-refractivity contribution in [3.63, 3.8) is 0 Å². The van der Waals surface area contributed by atoms with Gasteiger partial charge in [0, 0.05) is 6.04 Å². The molecule has 0 radical (unpaired) electrons. The quantitative estimate of drug-likeness (QED) is 0.707. The summed E-state index contributed by atoms with van der Waals surface area (Å²) in [5.41, 5.74) is 1.98. The van der Waals surface area contributed by atoms with Crippen LogP contribution in [-0.4, -0.2) is 35.3 Å². The summed E-state index contributed by atoms with van der Waals surface area (Å²) in [7, 11) is 0. The Labute approximate surface area is 161 Å². The zero-order valence-electron chi connectivity index (χ0n) is 16.4. The van der Waals surface area contributed by atoms with Gasteiger partial charge in [0.05, 0.1) is 18.5 Å². The Morgan fingerprint density at radius 3 is 2.63 bits per heavy atom. The molecule has 1 fully saturated rings. The summed E-state index contributed by atoms with van der Waals surface area (Å²) in [6.45, 7) is 6.14. The molecule has 3 rings (SSSR count). The number of rotatable bonds is 4. The van der Waals surface area contributed by atoms with E-state index in [0.29, 0.717) is 13.0 Å². The molecule has 0 saturated carbocycles. The number of benzene rings is 1. The van der Waals surface area contributed by atoms with Crippen molar-refractivity contribution in [1.29, 1.82) is 5.26 Å². The van der Waals surface area contributed by atoms with Gasteiger partial charge in [0.25, 0.3) is 0 Å². The van der Waals surface area contributed by atoms with Crippen molar-refractivity contribution in [3.8, 4) is 11.8 Å². The lowest BCUT2D eigenvalue weighted by atomic mass is 9.83. The third-order valence-electron chi connectivity index (χ3n) is 4.95. The lowest BCUT2D eigenvalue weighted by Crippen LogP contribution is -2.53. The molecule has 2 aliphatic heterocycles. The van der Waals surface area contributed by atoms with Gasteiger partial charge in [-0.05, 0) is 69.7 Å². The minimum atomic E-state index is -0.475. The average molecular weight is 368 g/mol. The first-order valence-electron chi connectivity index (χ1n) is 9.69. The predicted octanol–water partition coefficient (Wildman–Crippen LogP) is 4.92. The molecule has 2 aliphatic rings. The van der Waals surface area contributed by atoms with Crippen molar-refractivity contribution in [3.05, 3.63) is 35.9 Å². The normalized spacial score (nSPS) is 21.9. The van der Waals surface area contributed by atoms with E-state index in [-0.39, 0.29) is 18.2 Å². The molecule has 2 bridgehead atoms. The maximum Gasteiger partial charge on any atom is 0.411 e. The standard InChI is InChI=1S/C22H28N2O3/c1-22(2,3)27-21(25)24-18-6-4-7-19(24)15-17(14-18)16-8-10-20(11-9-16)26-13-5-12-23/h8-11,14,18-19H,4-7,13,15H2,1-3H3. The van der Waals surface area contributed by atoms with Gasteiger partial charge in [-0.15, -0.1) is 0 Å². The molecule has 0 spiro atoms. The summed E-state index contributed by atoms with van der Waals surface area (Å²) >= 11 is 0. The van der Waals surface area contributed by atoms with Gasteiger partial charge in [0.15, 0.2) is 0 Å². The molecule has 144 valence electrons. The summed E-state index contributed by atoms with van der Waals surface area (Å²) < 4.78 is 11.2. The van der Waals surface area contributed by atoms with Crippen molar-refractivity contribution in [2.24, 2.45) is 0 Å². The molecule has 0 N–H and O–H groups in total. The Morgan fingerprint density at radius 2 is 2.00 bits per heavy atom.